The maximum atomic E-state index is 5.96. The molecule has 0 aromatic heterocycles. The summed E-state index contributed by atoms with van der Waals surface area (Å²) in [6.07, 6.45) is 1.12. The number of para-hydroxylation sites is 1. The zero-order valence-corrected chi connectivity index (χ0v) is 11.8. The monoisotopic (exact) mass is 275 g/mol. The Morgan fingerprint density at radius 2 is 1.95 bits per heavy atom. The lowest BCUT2D eigenvalue weighted by atomic mass is 10.2. The van der Waals surface area contributed by atoms with Gasteiger partial charge in [-0.05, 0) is 37.2 Å². The SMILES string of the molecule is CCCNCc1ccccc1Oc1cccc(Cl)c1. The third kappa shape index (κ3) is 4.27. The molecule has 0 bridgehead atoms. The standard InChI is InChI=1S/C16H18ClNO/c1-2-10-18-12-13-6-3-4-9-16(13)19-15-8-5-7-14(17)11-15/h3-9,11,18H,2,10,12H2,1H3. The Balaban J connectivity index is 2.11. The van der Waals surface area contributed by atoms with Gasteiger partial charge in [0.05, 0.1) is 0 Å². The fourth-order valence-corrected chi connectivity index (χ4v) is 1.99. The first-order valence-corrected chi connectivity index (χ1v) is 6.89. The number of halogens is 1. The topological polar surface area (TPSA) is 21.3 Å². The first kappa shape index (κ1) is 13.9. The van der Waals surface area contributed by atoms with Crippen molar-refractivity contribution in [2.75, 3.05) is 6.54 Å². The van der Waals surface area contributed by atoms with Crippen LogP contribution in [0.5, 0.6) is 11.5 Å². The molecule has 0 saturated heterocycles. The van der Waals surface area contributed by atoms with Crippen LogP contribution in [0.25, 0.3) is 0 Å². The molecule has 0 saturated carbocycles. The molecule has 0 unspecified atom stereocenters. The first-order valence-electron chi connectivity index (χ1n) is 6.51. The van der Waals surface area contributed by atoms with E-state index in [0.29, 0.717) is 5.02 Å². The lowest BCUT2D eigenvalue weighted by Crippen LogP contribution is -2.14. The molecule has 0 aliphatic carbocycles. The molecule has 2 aromatic carbocycles. The fraction of sp³-hybridized carbons (Fsp3) is 0.250. The Bertz CT molecular complexity index is 528. The van der Waals surface area contributed by atoms with Crippen molar-refractivity contribution in [2.24, 2.45) is 0 Å². The second-order valence-corrected chi connectivity index (χ2v) is 4.78. The highest BCUT2D eigenvalue weighted by atomic mass is 35.5. The quantitative estimate of drug-likeness (QED) is 0.776. The molecule has 0 heterocycles. The van der Waals surface area contributed by atoms with Crippen LogP contribution >= 0.6 is 11.6 Å². The summed E-state index contributed by atoms with van der Waals surface area (Å²) in [5.41, 5.74) is 1.15. The minimum Gasteiger partial charge on any atom is -0.457 e. The van der Waals surface area contributed by atoms with Gasteiger partial charge in [0.1, 0.15) is 11.5 Å². The molecule has 0 amide bonds. The molecular formula is C16H18ClNO. The molecule has 0 fully saturated rings. The van der Waals surface area contributed by atoms with Gasteiger partial charge in [0.25, 0.3) is 0 Å². The zero-order chi connectivity index (χ0) is 13.5. The van der Waals surface area contributed by atoms with Crippen molar-refractivity contribution in [1.82, 2.24) is 5.32 Å². The molecule has 0 aliphatic rings. The Labute approximate surface area is 119 Å². The summed E-state index contributed by atoms with van der Waals surface area (Å²) in [7, 11) is 0. The van der Waals surface area contributed by atoms with Crippen LogP contribution in [0.15, 0.2) is 48.5 Å². The van der Waals surface area contributed by atoms with Gasteiger partial charge < -0.3 is 10.1 Å². The molecule has 2 rings (SSSR count). The predicted molar refractivity (Wildman–Crippen MR) is 80.0 cm³/mol. The number of rotatable bonds is 6. The maximum Gasteiger partial charge on any atom is 0.131 e. The highest BCUT2D eigenvalue weighted by Gasteiger charge is 2.04. The van der Waals surface area contributed by atoms with E-state index in [9.17, 15) is 0 Å². The van der Waals surface area contributed by atoms with E-state index in [1.54, 1.807) is 0 Å². The molecule has 3 heteroatoms. The summed E-state index contributed by atoms with van der Waals surface area (Å²) >= 11 is 5.96. The van der Waals surface area contributed by atoms with Crippen LogP contribution in [-0.4, -0.2) is 6.54 Å². The van der Waals surface area contributed by atoms with Crippen molar-refractivity contribution >= 4 is 11.6 Å². The van der Waals surface area contributed by atoms with E-state index in [4.69, 9.17) is 16.3 Å². The van der Waals surface area contributed by atoms with Crippen LogP contribution in [0.1, 0.15) is 18.9 Å². The third-order valence-electron chi connectivity index (χ3n) is 2.74. The molecule has 19 heavy (non-hydrogen) atoms. The van der Waals surface area contributed by atoms with Gasteiger partial charge in [0.15, 0.2) is 0 Å². The van der Waals surface area contributed by atoms with Crippen LogP contribution in [0.2, 0.25) is 5.02 Å². The van der Waals surface area contributed by atoms with Gasteiger partial charge in [-0.25, -0.2) is 0 Å². The van der Waals surface area contributed by atoms with Gasteiger partial charge >= 0.3 is 0 Å². The summed E-state index contributed by atoms with van der Waals surface area (Å²) in [6.45, 7) is 3.97. The number of nitrogens with one attached hydrogen (secondary N) is 1. The Hall–Kier alpha value is -1.51. The van der Waals surface area contributed by atoms with E-state index < -0.39 is 0 Å². The molecule has 1 N–H and O–H groups in total. The summed E-state index contributed by atoms with van der Waals surface area (Å²) in [6, 6.07) is 15.5. The van der Waals surface area contributed by atoms with Crippen molar-refractivity contribution < 1.29 is 4.74 Å². The summed E-state index contributed by atoms with van der Waals surface area (Å²) in [4.78, 5) is 0. The van der Waals surface area contributed by atoms with Crippen LogP contribution in [0, 0.1) is 0 Å². The Kier molecular flexibility index (Phi) is 5.25. The second kappa shape index (κ2) is 7.17. The molecule has 2 nitrogen and oxygen atoms in total. The maximum absolute atomic E-state index is 5.96. The van der Waals surface area contributed by atoms with Crippen molar-refractivity contribution in [1.29, 1.82) is 0 Å². The van der Waals surface area contributed by atoms with Crippen molar-refractivity contribution in [3.63, 3.8) is 0 Å². The number of hydrogen-bond donors (Lipinski definition) is 1. The van der Waals surface area contributed by atoms with Gasteiger partial charge in [0, 0.05) is 17.1 Å². The summed E-state index contributed by atoms with van der Waals surface area (Å²) < 4.78 is 5.90. The molecule has 0 aliphatic heterocycles. The fourth-order valence-electron chi connectivity index (χ4n) is 1.81. The average Bonchev–Trinajstić information content (AvgIpc) is 2.41. The molecule has 0 radical (unpaired) electrons. The highest BCUT2D eigenvalue weighted by Crippen LogP contribution is 2.26. The lowest BCUT2D eigenvalue weighted by Gasteiger charge is -2.11. The van der Waals surface area contributed by atoms with Crippen LogP contribution in [0.4, 0.5) is 0 Å². The number of benzene rings is 2. The summed E-state index contributed by atoms with van der Waals surface area (Å²) in [5.74, 6) is 1.63. The van der Waals surface area contributed by atoms with Gasteiger partial charge in [-0.1, -0.05) is 42.8 Å². The number of ether oxygens (including phenoxy) is 1. The van der Waals surface area contributed by atoms with Gasteiger partial charge in [-0.15, -0.1) is 0 Å². The van der Waals surface area contributed by atoms with E-state index >= 15 is 0 Å². The van der Waals surface area contributed by atoms with Gasteiger partial charge in [-0.3, -0.25) is 0 Å². The average molecular weight is 276 g/mol. The molecular weight excluding hydrogens is 258 g/mol. The van der Waals surface area contributed by atoms with Crippen LogP contribution in [-0.2, 0) is 6.54 Å². The molecule has 100 valence electrons. The molecule has 0 spiro atoms. The normalized spacial score (nSPS) is 10.4. The van der Waals surface area contributed by atoms with Gasteiger partial charge in [-0.2, -0.15) is 0 Å². The van der Waals surface area contributed by atoms with Crippen LogP contribution in [0.3, 0.4) is 0 Å². The van der Waals surface area contributed by atoms with E-state index in [2.05, 4.69) is 18.3 Å². The zero-order valence-electron chi connectivity index (χ0n) is 11.0. The minimum atomic E-state index is 0.680. The lowest BCUT2D eigenvalue weighted by molar-refractivity contribution is 0.472. The van der Waals surface area contributed by atoms with Crippen molar-refractivity contribution in [3.8, 4) is 11.5 Å². The molecule has 2 aromatic rings. The smallest absolute Gasteiger partial charge is 0.131 e. The highest BCUT2D eigenvalue weighted by molar-refractivity contribution is 6.30. The largest absolute Gasteiger partial charge is 0.457 e. The third-order valence-corrected chi connectivity index (χ3v) is 2.97. The predicted octanol–water partition coefficient (Wildman–Crippen LogP) is 4.63. The summed E-state index contributed by atoms with van der Waals surface area (Å²) in [5, 5.41) is 4.06. The number of hydrogen-bond acceptors (Lipinski definition) is 2. The van der Waals surface area contributed by atoms with Crippen molar-refractivity contribution in [3.05, 3.63) is 59.1 Å². The second-order valence-electron chi connectivity index (χ2n) is 4.34. The van der Waals surface area contributed by atoms with E-state index in [0.717, 1.165) is 36.6 Å². The minimum absolute atomic E-state index is 0.680. The molecule has 0 atom stereocenters. The Morgan fingerprint density at radius 1 is 1.11 bits per heavy atom. The Morgan fingerprint density at radius 3 is 2.74 bits per heavy atom. The van der Waals surface area contributed by atoms with E-state index in [-0.39, 0.29) is 0 Å². The van der Waals surface area contributed by atoms with Gasteiger partial charge in [0.2, 0.25) is 0 Å². The first-order chi connectivity index (χ1) is 9.29. The van der Waals surface area contributed by atoms with Crippen molar-refractivity contribution in [2.45, 2.75) is 19.9 Å². The van der Waals surface area contributed by atoms with E-state index in [1.165, 1.54) is 0 Å². The van der Waals surface area contributed by atoms with Crippen LogP contribution < -0.4 is 10.1 Å². The van der Waals surface area contributed by atoms with E-state index in [1.807, 2.05) is 42.5 Å².